The summed E-state index contributed by atoms with van der Waals surface area (Å²) in [5.74, 6) is 0.514. The fourth-order valence-electron chi connectivity index (χ4n) is 2.01. The van der Waals surface area contributed by atoms with Crippen molar-refractivity contribution >= 4 is 29.9 Å². The summed E-state index contributed by atoms with van der Waals surface area (Å²) in [6.45, 7) is 7.99. The summed E-state index contributed by atoms with van der Waals surface area (Å²) in [5.41, 5.74) is 5.82. The molecule has 24 heavy (non-hydrogen) atoms. The second-order valence-corrected chi connectivity index (χ2v) is 6.76. The van der Waals surface area contributed by atoms with E-state index in [1.54, 1.807) is 10.7 Å². The molecule has 0 aliphatic rings. The first kappa shape index (κ1) is 20.4. The van der Waals surface area contributed by atoms with Crippen molar-refractivity contribution in [3.8, 4) is 5.69 Å². The number of nitrogens with two attached hydrogens (primary N) is 1. The van der Waals surface area contributed by atoms with E-state index in [1.807, 2.05) is 45.9 Å². The minimum Gasteiger partial charge on any atom is -0.343 e. The third-order valence-corrected chi connectivity index (χ3v) is 3.71. The molecule has 2 rings (SSSR count). The second-order valence-electron chi connectivity index (χ2n) is 6.35. The average molecular weight is 372 g/mol. The number of hydrogen-bond donors (Lipinski definition) is 2. The number of nitrogens with one attached hydrogen (secondary N) is 1. The Morgan fingerprint density at radius 2 is 2.00 bits per heavy atom. The molecular weight excluding hydrogens is 349 g/mol. The van der Waals surface area contributed by atoms with Gasteiger partial charge in [0.1, 0.15) is 5.82 Å². The molecule has 0 aliphatic carbocycles. The molecule has 0 saturated heterocycles. The Kier molecular flexibility index (Phi) is 6.77. The molecule has 0 saturated carbocycles. The lowest BCUT2D eigenvalue weighted by Crippen LogP contribution is -2.49. The zero-order chi connectivity index (χ0) is 17.2. The van der Waals surface area contributed by atoms with Crippen LogP contribution >= 0.6 is 24.0 Å². The smallest absolute Gasteiger partial charge is 0.291 e. The number of hydrogen-bond acceptors (Lipinski definition) is 4. The normalized spacial score (nSPS) is 11.3. The third-order valence-electron chi connectivity index (χ3n) is 3.39. The predicted octanol–water partition coefficient (Wildman–Crippen LogP) is 2.93. The molecule has 3 N–H and O–H groups in total. The van der Waals surface area contributed by atoms with Crippen molar-refractivity contribution in [1.82, 2.24) is 20.1 Å². The topological polar surface area (TPSA) is 85.8 Å². The Labute approximate surface area is 153 Å². The quantitative estimate of drug-likeness (QED) is 0.845. The van der Waals surface area contributed by atoms with Crippen molar-refractivity contribution < 1.29 is 4.79 Å². The van der Waals surface area contributed by atoms with Crippen LogP contribution in [0.2, 0.25) is 5.02 Å². The van der Waals surface area contributed by atoms with Gasteiger partial charge in [0.05, 0.1) is 10.7 Å². The van der Waals surface area contributed by atoms with Gasteiger partial charge in [0, 0.05) is 18.0 Å². The molecule has 1 aromatic carbocycles. The van der Waals surface area contributed by atoms with Crippen LogP contribution in [0, 0.1) is 0 Å². The molecule has 0 fully saturated rings. The number of para-hydroxylation sites is 1. The fraction of sp³-hybridized carbons (Fsp3) is 0.438. The van der Waals surface area contributed by atoms with Gasteiger partial charge in [-0.3, -0.25) is 4.79 Å². The molecule has 0 bridgehead atoms. The first-order chi connectivity index (χ1) is 10.7. The van der Waals surface area contributed by atoms with Crippen LogP contribution in [-0.4, -0.2) is 32.8 Å². The molecule has 0 spiro atoms. The molecule has 0 radical (unpaired) electrons. The lowest BCUT2D eigenvalue weighted by atomic mass is 10.1. The van der Waals surface area contributed by atoms with Crippen LogP contribution in [0.5, 0.6) is 0 Å². The van der Waals surface area contributed by atoms with Crippen LogP contribution in [0.3, 0.4) is 0 Å². The standard InChI is InChI=1S/C16H22ClN5O.ClH/c1-10(2)14-19-13(15(23)20-16(3,4)9-18)21-22(14)12-8-6-5-7-11(12)17;/h5-8,10H,9,18H2,1-4H3,(H,20,23);1H. The molecule has 6 nitrogen and oxygen atoms in total. The number of rotatable bonds is 5. The highest BCUT2D eigenvalue weighted by Crippen LogP contribution is 2.23. The fourth-order valence-corrected chi connectivity index (χ4v) is 2.22. The van der Waals surface area contributed by atoms with Crippen LogP contribution in [0.15, 0.2) is 24.3 Å². The van der Waals surface area contributed by atoms with E-state index in [1.165, 1.54) is 0 Å². The minimum absolute atomic E-state index is 0. The summed E-state index contributed by atoms with van der Waals surface area (Å²) in [5, 5.41) is 7.73. The maximum absolute atomic E-state index is 12.4. The Hall–Kier alpha value is -1.63. The van der Waals surface area contributed by atoms with E-state index < -0.39 is 5.54 Å². The summed E-state index contributed by atoms with van der Waals surface area (Å²) < 4.78 is 1.62. The lowest BCUT2D eigenvalue weighted by molar-refractivity contribution is 0.0905. The number of carbonyl (C=O) groups excluding carboxylic acids is 1. The number of halogens is 2. The zero-order valence-corrected chi connectivity index (χ0v) is 15.8. The number of amides is 1. The molecule has 8 heteroatoms. The van der Waals surface area contributed by atoms with Gasteiger partial charge in [-0.25, -0.2) is 9.67 Å². The first-order valence-electron chi connectivity index (χ1n) is 7.49. The Balaban J connectivity index is 0.00000288. The Morgan fingerprint density at radius 3 is 2.54 bits per heavy atom. The van der Waals surface area contributed by atoms with Crippen molar-refractivity contribution in [2.24, 2.45) is 5.73 Å². The SMILES string of the molecule is CC(C)c1nc(C(=O)NC(C)(C)CN)nn1-c1ccccc1Cl.Cl. The number of carbonyl (C=O) groups is 1. The van der Waals surface area contributed by atoms with Crippen molar-refractivity contribution in [1.29, 1.82) is 0 Å². The van der Waals surface area contributed by atoms with Crippen LogP contribution in [0.4, 0.5) is 0 Å². The Bertz CT molecular complexity index is 712. The van der Waals surface area contributed by atoms with Gasteiger partial charge in [-0.05, 0) is 26.0 Å². The van der Waals surface area contributed by atoms with Crippen LogP contribution in [0.1, 0.15) is 50.1 Å². The van der Waals surface area contributed by atoms with E-state index in [9.17, 15) is 4.79 Å². The molecule has 2 aromatic rings. The summed E-state index contributed by atoms with van der Waals surface area (Å²) >= 11 is 6.25. The molecule has 1 aromatic heterocycles. The van der Waals surface area contributed by atoms with Gasteiger partial charge in [-0.2, -0.15) is 0 Å². The van der Waals surface area contributed by atoms with Gasteiger partial charge < -0.3 is 11.1 Å². The van der Waals surface area contributed by atoms with Crippen molar-refractivity contribution in [2.45, 2.75) is 39.2 Å². The largest absolute Gasteiger partial charge is 0.343 e. The molecule has 132 valence electrons. The van der Waals surface area contributed by atoms with Crippen LogP contribution < -0.4 is 11.1 Å². The highest BCUT2D eigenvalue weighted by molar-refractivity contribution is 6.32. The summed E-state index contributed by atoms with van der Waals surface area (Å²) in [4.78, 5) is 16.8. The van der Waals surface area contributed by atoms with E-state index >= 15 is 0 Å². The highest BCUT2D eigenvalue weighted by atomic mass is 35.5. The monoisotopic (exact) mass is 371 g/mol. The molecule has 1 heterocycles. The lowest BCUT2D eigenvalue weighted by Gasteiger charge is -2.23. The summed E-state index contributed by atoms with van der Waals surface area (Å²) in [6.07, 6.45) is 0. The number of aromatic nitrogens is 3. The van der Waals surface area contributed by atoms with Gasteiger partial charge in [0.25, 0.3) is 5.91 Å². The van der Waals surface area contributed by atoms with Crippen molar-refractivity contribution in [2.75, 3.05) is 6.54 Å². The average Bonchev–Trinajstić information content (AvgIpc) is 2.92. The minimum atomic E-state index is -0.523. The summed E-state index contributed by atoms with van der Waals surface area (Å²) in [7, 11) is 0. The molecule has 0 aliphatic heterocycles. The van der Waals surface area contributed by atoms with E-state index in [2.05, 4.69) is 15.4 Å². The van der Waals surface area contributed by atoms with Crippen LogP contribution in [-0.2, 0) is 0 Å². The van der Waals surface area contributed by atoms with Gasteiger partial charge >= 0.3 is 0 Å². The maximum atomic E-state index is 12.4. The van der Waals surface area contributed by atoms with E-state index in [0.29, 0.717) is 23.1 Å². The summed E-state index contributed by atoms with van der Waals surface area (Å²) in [6, 6.07) is 7.33. The van der Waals surface area contributed by atoms with Crippen molar-refractivity contribution in [3.05, 3.63) is 40.9 Å². The molecular formula is C16H23Cl2N5O. The Morgan fingerprint density at radius 1 is 1.38 bits per heavy atom. The van der Waals surface area contributed by atoms with Crippen molar-refractivity contribution in [3.63, 3.8) is 0 Å². The maximum Gasteiger partial charge on any atom is 0.291 e. The predicted molar refractivity (Wildman–Crippen MR) is 98.3 cm³/mol. The van der Waals surface area contributed by atoms with E-state index in [4.69, 9.17) is 17.3 Å². The first-order valence-corrected chi connectivity index (χ1v) is 7.87. The van der Waals surface area contributed by atoms with E-state index in [0.717, 1.165) is 0 Å². The second kappa shape index (κ2) is 7.96. The van der Waals surface area contributed by atoms with Crippen LogP contribution in [0.25, 0.3) is 5.69 Å². The van der Waals surface area contributed by atoms with Gasteiger partial charge in [0.15, 0.2) is 0 Å². The van der Waals surface area contributed by atoms with E-state index in [-0.39, 0.29) is 30.1 Å². The van der Waals surface area contributed by atoms with Gasteiger partial charge in [-0.1, -0.05) is 37.6 Å². The molecule has 1 amide bonds. The molecule has 0 atom stereocenters. The highest BCUT2D eigenvalue weighted by Gasteiger charge is 2.24. The number of nitrogens with zero attached hydrogens (tertiary/aromatic N) is 3. The molecule has 0 unspecified atom stereocenters. The third kappa shape index (κ3) is 4.47. The van der Waals surface area contributed by atoms with Gasteiger partial charge in [0.2, 0.25) is 5.82 Å². The van der Waals surface area contributed by atoms with Gasteiger partial charge in [-0.15, -0.1) is 17.5 Å². The number of benzene rings is 1. The zero-order valence-electron chi connectivity index (χ0n) is 14.2.